The topological polar surface area (TPSA) is 107 Å². The minimum atomic E-state index is -0.867. The van der Waals surface area contributed by atoms with Crippen molar-refractivity contribution >= 4 is 11.9 Å². The lowest BCUT2D eigenvalue weighted by Gasteiger charge is -2.69. The number of ether oxygens (including phenoxy) is 4. The van der Waals surface area contributed by atoms with Crippen LogP contribution < -0.4 is 5.32 Å². The molecular formula is C30H50N2O7. The zero-order valence-electron chi connectivity index (χ0n) is 25.1. The molecule has 1 spiro atoms. The highest BCUT2D eigenvalue weighted by Gasteiger charge is 2.78. The number of nitrogens with one attached hydrogen (secondary N) is 1. The molecule has 3 saturated carbocycles. The average Bonchev–Trinajstić information content (AvgIpc) is 3.17. The van der Waals surface area contributed by atoms with E-state index in [-0.39, 0.29) is 41.6 Å². The van der Waals surface area contributed by atoms with Gasteiger partial charge in [-0.2, -0.15) is 0 Å². The van der Waals surface area contributed by atoms with Crippen LogP contribution in [0.25, 0.3) is 0 Å². The predicted octanol–water partition coefficient (Wildman–Crippen LogP) is 2.81. The lowest BCUT2D eigenvalue weighted by molar-refractivity contribution is -0.269. The molecule has 2 saturated heterocycles. The maximum absolute atomic E-state index is 13.4. The van der Waals surface area contributed by atoms with Crippen molar-refractivity contribution in [1.29, 1.82) is 0 Å². The first-order chi connectivity index (χ1) is 18.1. The van der Waals surface area contributed by atoms with Gasteiger partial charge in [0.05, 0.1) is 30.3 Å². The number of rotatable bonds is 6. The number of hydrogen-bond acceptors (Lipinski definition) is 9. The van der Waals surface area contributed by atoms with Crippen LogP contribution in [0, 0.1) is 17.3 Å². The zero-order chi connectivity index (χ0) is 28.5. The van der Waals surface area contributed by atoms with Crippen molar-refractivity contribution in [2.24, 2.45) is 17.3 Å². The fourth-order valence-electron chi connectivity index (χ4n) is 9.12. The summed E-state index contributed by atoms with van der Waals surface area (Å²) < 4.78 is 24.8. The van der Waals surface area contributed by atoms with Crippen LogP contribution in [-0.2, 0) is 28.5 Å². The molecule has 2 N–H and O–H groups in total. The van der Waals surface area contributed by atoms with Gasteiger partial charge in [-0.25, -0.2) is 0 Å². The van der Waals surface area contributed by atoms with Crippen LogP contribution in [0.15, 0.2) is 0 Å². The highest BCUT2D eigenvalue weighted by Crippen LogP contribution is 2.70. The van der Waals surface area contributed by atoms with E-state index in [0.29, 0.717) is 12.0 Å². The summed E-state index contributed by atoms with van der Waals surface area (Å²) in [4.78, 5) is 28.8. The Balaban J connectivity index is 1.48. The quantitative estimate of drug-likeness (QED) is 0.483. The molecule has 5 fully saturated rings. The average molecular weight is 551 g/mol. The third kappa shape index (κ3) is 4.84. The Hall–Kier alpha value is -1.26. The normalized spacial score (nSPS) is 42.4. The molecule has 5 aliphatic rings. The van der Waals surface area contributed by atoms with Gasteiger partial charge in [-0.3, -0.25) is 14.9 Å². The number of methoxy groups -OCH3 is 1. The monoisotopic (exact) mass is 550 g/mol. The molecule has 9 heteroatoms. The standard InChI is InChI=1S/C30H50N2O7/c1-27(2,3)38-22(34)16-19(26(35)39-28(4,5)6)31-18-11-12-30(36-8)21-15-17-9-10-20(33)24-23(17)29(30,25(18)37-24)13-14-32(21)7/h17-21,23-25,31,33H,9-16H2,1-8H3/t17?,18?,19-,20?,21?,23?,24?,25-,29-,30+/m0/s1. The van der Waals surface area contributed by atoms with Gasteiger partial charge in [0.15, 0.2) is 0 Å². The largest absolute Gasteiger partial charge is 0.460 e. The molecule has 0 amide bonds. The van der Waals surface area contributed by atoms with E-state index in [1.807, 2.05) is 48.7 Å². The maximum atomic E-state index is 13.4. The van der Waals surface area contributed by atoms with Crippen molar-refractivity contribution in [2.75, 3.05) is 20.7 Å². The van der Waals surface area contributed by atoms with E-state index < -0.39 is 35.3 Å². The zero-order valence-corrected chi connectivity index (χ0v) is 25.1. The number of esters is 2. The second kappa shape index (κ2) is 9.93. The SMILES string of the molecule is CO[C@]12CCC(N[C@@H](CC(=O)OC(C)(C)C)C(=O)OC(C)(C)C)[C@@H]3OC4C(O)CCC5CC1N(C)CC[C@]32C54. The smallest absolute Gasteiger partial charge is 0.324 e. The second-order valence-electron chi connectivity index (χ2n) is 14.8. The summed E-state index contributed by atoms with van der Waals surface area (Å²) in [5.74, 6) is -0.222. The molecule has 0 aromatic carbocycles. The Labute approximate surface area is 233 Å². The molecular weight excluding hydrogens is 500 g/mol. The first-order valence-electron chi connectivity index (χ1n) is 14.9. The number of carbonyl (C=O) groups excluding carboxylic acids is 2. The molecule has 2 bridgehead atoms. The summed E-state index contributed by atoms with van der Waals surface area (Å²) >= 11 is 0. The van der Waals surface area contributed by atoms with Gasteiger partial charge in [0.2, 0.25) is 0 Å². The van der Waals surface area contributed by atoms with E-state index in [2.05, 4.69) is 17.3 Å². The summed E-state index contributed by atoms with van der Waals surface area (Å²) in [6.07, 6.45) is 4.20. The molecule has 0 aromatic heterocycles. The lowest BCUT2D eigenvalue weighted by Crippen LogP contribution is -2.78. The third-order valence-corrected chi connectivity index (χ3v) is 10.2. The molecule has 2 heterocycles. The van der Waals surface area contributed by atoms with Gasteiger partial charge in [-0.05, 0) is 99.6 Å². The third-order valence-electron chi connectivity index (χ3n) is 10.2. The van der Waals surface area contributed by atoms with Gasteiger partial charge in [0.25, 0.3) is 0 Å². The van der Waals surface area contributed by atoms with Crippen LogP contribution in [-0.4, -0.2) is 95.9 Å². The molecule has 5 rings (SSSR count). The molecule has 2 aliphatic heterocycles. The number of aliphatic hydroxyl groups excluding tert-OH is 1. The van der Waals surface area contributed by atoms with Gasteiger partial charge in [-0.15, -0.1) is 0 Å². The van der Waals surface area contributed by atoms with E-state index in [4.69, 9.17) is 18.9 Å². The summed E-state index contributed by atoms with van der Waals surface area (Å²) in [5.41, 5.74) is -1.99. The highest BCUT2D eigenvalue weighted by atomic mass is 16.6. The van der Waals surface area contributed by atoms with E-state index in [1.165, 1.54) is 0 Å². The van der Waals surface area contributed by atoms with Crippen molar-refractivity contribution in [1.82, 2.24) is 10.2 Å². The molecule has 10 atom stereocenters. The van der Waals surface area contributed by atoms with Crippen molar-refractivity contribution in [2.45, 2.75) is 140 Å². The number of hydrogen-bond donors (Lipinski definition) is 2. The Bertz CT molecular complexity index is 960. The second-order valence-corrected chi connectivity index (χ2v) is 14.8. The summed E-state index contributed by atoms with van der Waals surface area (Å²) in [6, 6.07) is -0.760. The number of likely N-dealkylation sites (N-methyl/N-ethyl adjacent to an activating group) is 1. The first-order valence-corrected chi connectivity index (χ1v) is 14.9. The van der Waals surface area contributed by atoms with Gasteiger partial charge < -0.3 is 29.0 Å². The van der Waals surface area contributed by atoms with Crippen LogP contribution in [0.3, 0.4) is 0 Å². The summed E-state index contributed by atoms with van der Waals surface area (Å²) in [5, 5.41) is 14.7. The van der Waals surface area contributed by atoms with Crippen LogP contribution in [0.4, 0.5) is 0 Å². The van der Waals surface area contributed by atoms with Crippen molar-refractivity contribution in [3.63, 3.8) is 0 Å². The Morgan fingerprint density at radius 3 is 2.41 bits per heavy atom. The van der Waals surface area contributed by atoms with Crippen molar-refractivity contribution < 1.29 is 33.6 Å². The summed E-state index contributed by atoms with van der Waals surface area (Å²) in [7, 11) is 4.06. The highest BCUT2D eigenvalue weighted by molar-refractivity contribution is 5.83. The van der Waals surface area contributed by atoms with Crippen molar-refractivity contribution in [3.8, 4) is 0 Å². The van der Waals surface area contributed by atoms with E-state index in [9.17, 15) is 14.7 Å². The fourth-order valence-corrected chi connectivity index (χ4v) is 9.12. The number of nitrogens with zero attached hydrogens (tertiary/aromatic N) is 1. The first kappa shape index (κ1) is 29.2. The van der Waals surface area contributed by atoms with Crippen LogP contribution >= 0.6 is 0 Å². The minimum Gasteiger partial charge on any atom is -0.460 e. The van der Waals surface area contributed by atoms with Gasteiger partial charge in [-0.1, -0.05) is 0 Å². The summed E-state index contributed by atoms with van der Waals surface area (Å²) in [6.45, 7) is 11.9. The predicted molar refractivity (Wildman–Crippen MR) is 145 cm³/mol. The van der Waals surface area contributed by atoms with Gasteiger partial charge in [0, 0.05) is 30.5 Å². The molecule has 3 aliphatic carbocycles. The Kier molecular flexibility index (Phi) is 7.45. The molecule has 222 valence electrons. The lowest BCUT2D eigenvalue weighted by atomic mass is 9.42. The van der Waals surface area contributed by atoms with Crippen LogP contribution in [0.5, 0.6) is 0 Å². The van der Waals surface area contributed by atoms with Gasteiger partial charge >= 0.3 is 11.9 Å². The molecule has 9 nitrogen and oxygen atoms in total. The Morgan fingerprint density at radius 2 is 1.77 bits per heavy atom. The van der Waals surface area contributed by atoms with E-state index in [1.54, 1.807) is 0 Å². The molecule has 0 aromatic rings. The number of likely N-dealkylation sites (tertiary alicyclic amines) is 1. The molecule has 6 unspecified atom stereocenters. The number of piperidine rings is 1. The fraction of sp³-hybridized carbons (Fsp3) is 0.933. The van der Waals surface area contributed by atoms with Gasteiger partial charge in [0.1, 0.15) is 17.2 Å². The van der Waals surface area contributed by atoms with Crippen LogP contribution in [0.2, 0.25) is 0 Å². The van der Waals surface area contributed by atoms with E-state index in [0.717, 1.165) is 45.1 Å². The number of carbonyl (C=O) groups is 2. The molecule has 39 heavy (non-hydrogen) atoms. The number of aliphatic hydroxyl groups is 1. The van der Waals surface area contributed by atoms with E-state index >= 15 is 0 Å². The van der Waals surface area contributed by atoms with Crippen LogP contribution in [0.1, 0.15) is 86.5 Å². The Morgan fingerprint density at radius 1 is 1.08 bits per heavy atom. The maximum Gasteiger partial charge on any atom is 0.324 e. The molecule has 0 radical (unpaired) electrons. The van der Waals surface area contributed by atoms with Crippen molar-refractivity contribution in [3.05, 3.63) is 0 Å². The minimum absolute atomic E-state index is 0.124.